The van der Waals surface area contributed by atoms with E-state index in [0.29, 0.717) is 13.0 Å². The van der Waals surface area contributed by atoms with Crippen LogP contribution in [0.1, 0.15) is 51.0 Å². The molecule has 2 unspecified atom stereocenters. The van der Waals surface area contributed by atoms with Crippen molar-refractivity contribution in [1.29, 1.82) is 0 Å². The Hall–Kier alpha value is -1.55. The molecule has 0 aromatic heterocycles. The highest BCUT2D eigenvalue weighted by Crippen LogP contribution is 2.23. The van der Waals surface area contributed by atoms with Crippen LogP contribution in [0.15, 0.2) is 24.3 Å². The van der Waals surface area contributed by atoms with Gasteiger partial charge in [-0.1, -0.05) is 31.4 Å². The fourth-order valence-electron chi connectivity index (χ4n) is 3.25. The quantitative estimate of drug-likeness (QED) is 0.759. The van der Waals surface area contributed by atoms with Gasteiger partial charge >= 0.3 is 0 Å². The molecule has 0 bridgehead atoms. The van der Waals surface area contributed by atoms with Gasteiger partial charge in [0.2, 0.25) is 5.91 Å². The highest BCUT2D eigenvalue weighted by Gasteiger charge is 2.24. The minimum Gasteiger partial charge on any atom is -0.494 e. The molecule has 2 rings (SSSR count). The van der Waals surface area contributed by atoms with E-state index in [1.54, 1.807) is 0 Å². The molecule has 2 N–H and O–H groups in total. The highest BCUT2D eigenvalue weighted by molar-refractivity contribution is 5.76. The second-order valence-corrected chi connectivity index (χ2v) is 6.33. The second-order valence-electron chi connectivity index (χ2n) is 6.33. The van der Waals surface area contributed by atoms with E-state index in [-0.39, 0.29) is 24.5 Å². The Kier molecular flexibility index (Phi) is 7.40. The smallest absolute Gasteiger partial charge is 0.220 e. The van der Waals surface area contributed by atoms with E-state index in [2.05, 4.69) is 5.32 Å². The van der Waals surface area contributed by atoms with Gasteiger partial charge in [-0.2, -0.15) is 0 Å². The maximum absolute atomic E-state index is 12.2. The molecule has 1 aliphatic carbocycles. The molecule has 1 saturated carbocycles. The van der Waals surface area contributed by atoms with Crippen LogP contribution in [-0.2, 0) is 11.2 Å². The number of carbonyl (C=O) groups excluding carboxylic acids is 1. The van der Waals surface area contributed by atoms with Gasteiger partial charge in [-0.3, -0.25) is 4.79 Å². The van der Waals surface area contributed by atoms with Crippen LogP contribution in [0.3, 0.4) is 0 Å². The third-order valence-electron chi connectivity index (χ3n) is 4.62. The Labute approximate surface area is 139 Å². The van der Waals surface area contributed by atoms with Crippen LogP contribution in [0.4, 0.5) is 0 Å². The molecule has 1 aromatic carbocycles. The number of benzene rings is 1. The lowest BCUT2D eigenvalue weighted by Crippen LogP contribution is -2.41. The summed E-state index contributed by atoms with van der Waals surface area (Å²) in [6, 6.07) is 8.06. The van der Waals surface area contributed by atoms with Gasteiger partial charge in [0.05, 0.1) is 6.61 Å². The van der Waals surface area contributed by atoms with E-state index in [1.807, 2.05) is 31.2 Å². The summed E-state index contributed by atoms with van der Waals surface area (Å²) in [5.41, 5.74) is 1.14. The average Bonchev–Trinajstić information content (AvgIpc) is 2.79. The predicted octanol–water partition coefficient (Wildman–Crippen LogP) is 3.08. The first kappa shape index (κ1) is 17.8. The summed E-state index contributed by atoms with van der Waals surface area (Å²) in [5, 5.41) is 12.7. The van der Waals surface area contributed by atoms with E-state index in [1.165, 1.54) is 6.42 Å². The normalized spacial score (nSPS) is 21.5. The third-order valence-corrected chi connectivity index (χ3v) is 4.62. The van der Waals surface area contributed by atoms with Gasteiger partial charge in [0.1, 0.15) is 5.75 Å². The molecule has 0 radical (unpaired) electrons. The van der Waals surface area contributed by atoms with Crippen molar-refractivity contribution in [1.82, 2.24) is 5.32 Å². The van der Waals surface area contributed by atoms with Crippen LogP contribution >= 0.6 is 0 Å². The van der Waals surface area contributed by atoms with Crippen molar-refractivity contribution in [3.63, 3.8) is 0 Å². The fraction of sp³-hybridized carbons (Fsp3) is 0.632. The minimum absolute atomic E-state index is 0.0873. The number of hydrogen-bond donors (Lipinski definition) is 2. The summed E-state index contributed by atoms with van der Waals surface area (Å²) in [6.45, 7) is 2.80. The predicted molar refractivity (Wildman–Crippen MR) is 91.5 cm³/mol. The third kappa shape index (κ3) is 5.87. The number of aliphatic hydroxyl groups is 1. The Morgan fingerprint density at radius 1 is 1.22 bits per heavy atom. The van der Waals surface area contributed by atoms with Gasteiger partial charge in [-0.05, 0) is 43.9 Å². The number of ether oxygens (including phenoxy) is 1. The summed E-state index contributed by atoms with van der Waals surface area (Å²) in [6.07, 6.45) is 6.72. The van der Waals surface area contributed by atoms with Gasteiger partial charge in [0.15, 0.2) is 0 Å². The summed E-state index contributed by atoms with van der Waals surface area (Å²) in [7, 11) is 0. The monoisotopic (exact) mass is 319 g/mol. The van der Waals surface area contributed by atoms with Crippen molar-refractivity contribution in [2.45, 2.75) is 57.9 Å². The Balaban J connectivity index is 1.79. The zero-order valence-electron chi connectivity index (χ0n) is 14.1. The van der Waals surface area contributed by atoms with Crippen LogP contribution < -0.4 is 10.1 Å². The number of hydrogen-bond acceptors (Lipinski definition) is 3. The lowest BCUT2D eigenvalue weighted by Gasteiger charge is -2.24. The maximum atomic E-state index is 12.2. The van der Waals surface area contributed by atoms with Crippen LogP contribution in [-0.4, -0.2) is 30.3 Å². The lowest BCUT2D eigenvalue weighted by molar-refractivity contribution is -0.122. The average molecular weight is 319 g/mol. The molecular formula is C19H29NO3. The van der Waals surface area contributed by atoms with Crippen molar-refractivity contribution in [3.05, 3.63) is 29.8 Å². The van der Waals surface area contributed by atoms with Crippen molar-refractivity contribution in [2.75, 3.05) is 13.2 Å². The largest absolute Gasteiger partial charge is 0.494 e. The van der Waals surface area contributed by atoms with Gasteiger partial charge in [-0.15, -0.1) is 0 Å². The standard InChI is InChI=1S/C19H29NO3/c1-2-23-17-11-8-15(9-12-17)10-13-19(22)20-18-7-5-3-4-6-16(18)14-21/h8-9,11-12,16,18,21H,2-7,10,13-14H2,1H3,(H,20,22). The van der Waals surface area contributed by atoms with Crippen molar-refractivity contribution in [2.24, 2.45) is 5.92 Å². The van der Waals surface area contributed by atoms with Crippen LogP contribution in [0.2, 0.25) is 0 Å². The zero-order valence-corrected chi connectivity index (χ0v) is 14.1. The van der Waals surface area contributed by atoms with Crippen LogP contribution in [0, 0.1) is 5.92 Å². The van der Waals surface area contributed by atoms with E-state index < -0.39 is 0 Å². The molecule has 0 aliphatic heterocycles. The topological polar surface area (TPSA) is 58.6 Å². The molecule has 0 heterocycles. The van der Waals surface area contributed by atoms with E-state index in [9.17, 15) is 9.90 Å². The number of nitrogens with one attached hydrogen (secondary N) is 1. The molecule has 1 aliphatic rings. The number of amides is 1. The molecule has 4 heteroatoms. The maximum Gasteiger partial charge on any atom is 0.220 e. The molecule has 4 nitrogen and oxygen atoms in total. The number of rotatable bonds is 7. The Bertz CT molecular complexity index is 472. The first-order valence-corrected chi connectivity index (χ1v) is 8.85. The number of aryl methyl sites for hydroxylation is 1. The minimum atomic E-state index is 0.0873. The SMILES string of the molecule is CCOc1ccc(CCC(=O)NC2CCCCCC2CO)cc1. The molecule has 1 aromatic rings. The van der Waals surface area contributed by atoms with E-state index in [0.717, 1.165) is 43.4 Å². The zero-order chi connectivity index (χ0) is 16.5. The molecule has 2 atom stereocenters. The summed E-state index contributed by atoms with van der Waals surface area (Å²) >= 11 is 0. The first-order chi connectivity index (χ1) is 11.2. The summed E-state index contributed by atoms with van der Waals surface area (Å²) in [5.74, 6) is 1.17. The summed E-state index contributed by atoms with van der Waals surface area (Å²) in [4.78, 5) is 12.2. The van der Waals surface area contributed by atoms with E-state index >= 15 is 0 Å². The second kappa shape index (κ2) is 9.56. The molecule has 23 heavy (non-hydrogen) atoms. The van der Waals surface area contributed by atoms with Crippen molar-refractivity contribution in [3.8, 4) is 5.75 Å². The van der Waals surface area contributed by atoms with Gasteiger partial charge in [0, 0.05) is 25.0 Å². The van der Waals surface area contributed by atoms with Gasteiger partial charge < -0.3 is 15.2 Å². The van der Waals surface area contributed by atoms with Gasteiger partial charge in [0.25, 0.3) is 0 Å². The molecule has 0 spiro atoms. The molecule has 1 fully saturated rings. The first-order valence-electron chi connectivity index (χ1n) is 8.85. The van der Waals surface area contributed by atoms with Crippen LogP contribution in [0.25, 0.3) is 0 Å². The molecule has 128 valence electrons. The summed E-state index contributed by atoms with van der Waals surface area (Å²) < 4.78 is 5.42. The Morgan fingerprint density at radius 3 is 2.65 bits per heavy atom. The van der Waals surface area contributed by atoms with Crippen LogP contribution in [0.5, 0.6) is 5.75 Å². The van der Waals surface area contributed by atoms with E-state index in [4.69, 9.17) is 4.74 Å². The fourth-order valence-corrected chi connectivity index (χ4v) is 3.25. The highest BCUT2D eigenvalue weighted by atomic mass is 16.5. The molecule has 1 amide bonds. The lowest BCUT2D eigenvalue weighted by atomic mass is 9.95. The van der Waals surface area contributed by atoms with Crippen molar-refractivity contribution >= 4 is 5.91 Å². The number of aliphatic hydroxyl groups excluding tert-OH is 1. The Morgan fingerprint density at radius 2 is 1.96 bits per heavy atom. The van der Waals surface area contributed by atoms with Gasteiger partial charge in [-0.25, -0.2) is 0 Å². The van der Waals surface area contributed by atoms with Crippen molar-refractivity contribution < 1.29 is 14.6 Å². The number of carbonyl (C=O) groups is 1. The molecular weight excluding hydrogens is 290 g/mol. The molecule has 0 saturated heterocycles.